The monoisotopic (exact) mass is 339 g/mol. The van der Waals surface area contributed by atoms with Gasteiger partial charge in [0, 0.05) is 12.2 Å². The van der Waals surface area contributed by atoms with Crippen LogP contribution in [0.5, 0.6) is 0 Å². The normalized spacial score (nSPS) is 37.0. The summed E-state index contributed by atoms with van der Waals surface area (Å²) in [5.74, 6) is -1.65. The molecule has 2 nitrogen and oxygen atoms in total. The maximum atomic E-state index is 15.8. The Kier molecular flexibility index (Phi) is 3.92. The topological polar surface area (TPSA) is 12.5 Å². The molecule has 0 aliphatic heterocycles. The Balaban J connectivity index is 1.69. The van der Waals surface area contributed by atoms with Gasteiger partial charge in [-0.1, -0.05) is 5.12 Å². The number of halogens is 3. The van der Waals surface area contributed by atoms with Crippen molar-refractivity contribution >= 4 is 0 Å². The summed E-state index contributed by atoms with van der Waals surface area (Å²) in [5.41, 5.74) is -0.767. The van der Waals surface area contributed by atoms with E-state index in [0.29, 0.717) is 42.1 Å². The smallest absolute Gasteiger partial charge is 0.322 e. The zero-order valence-corrected chi connectivity index (χ0v) is 14.0. The molecule has 24 heavy (non-hydrogen) atoms. The van der Waals surface area contributed by atoms with Gasteiger partial charge in [0.25, 0.3) is 0 Å². The molecule has 0 N–H and O–H groups in total. The van der Waals surface area contributed by atoms with Crippen molar-refractivity contribution in [2.45, 2.75) is 57.0 Å². The molecule has 4 aliphatic carbocycles. The van der Waals surface area contributed by atoms with Crippen molar-refractivity contribution in [3.05, 3.63) is 35.6 Å². The maximum Gasteiger partial charge on any atom is 0.322 e. The maximum absolute atomic E-state index is 15.8. The summed E-state index contributed by atoms with van der Waals surface area (Å²) in [6, 6.07) is 4.85. The predicted octanol–water partition coefficient (Wildman–Crippen LogP) is 5.10. The molecule has 0 saturated heterocycles. The quantitative estimate of drug-likeness (QED) is 0.420. The van der Waals surface area contributed by atoms with Gasteiger partial charge in [-0.15, -0.1) is 4.48 Å². The Hall–Kier alpha value is -1.07. The third-order valence-electron chi connectivity index (χ3n) is 6.21. The molecule has 4 aliphatic rings. The van der Waals surface area contributed by atoms with Gasteiger partial charge < -0.3 is 4.74 Å². The van der Waals surface area contributed by atoms with E-state index in [1.807, 2.05) is 0 Å². The van der Waals surface area contributed by atoms with Gasteiger partial charge in [0.2, 0.25) is 0 Å². The Morgan fingerprint density at radius 3 is 2.04 bits per heavy atom. The molecule has 5 heteroatoms. The van der Waals surface area contributed by atoms with E-state index in [4.69, 9.17) is 4.74 Å². The van der Waals surface area contributed by atoms with Crippen molar-refractivity contribution in [2.75, 3.05) is 6.61 Å². The van der Waals surface area contributed by atoms with Crippen molar-refractivity contribution in [3.63, 3.8) is 0 Å². The molecule has 1 aromatic carbocycles. The average Bonchev–Trinajstić information content (AvgIpc) is 2.53. The number of hydrogen-bond acceptors (Lipinski definition) is 2. The van der Waals surface area contributed by atoms with Crippen LogP contribution in [0.15, 0.2) is 24.3 Å². The Morgan fingerprint density at radius 2 is 1.58 bits per heavy atom. The van der Waals surface area contributed by atoms with Crippen molar-refractivity contribution in [1.29, 1.82) is 0 Å². The molecule has 5 rings (SSSR count). The van der Waals surface area contributed by atoms with Crippen LogP contribution in [0.2, 0.25) is 0 Å². The van der Waals surface area contributed by atoms with E-state index in [-0.39, 0.29) is 12.2 Å². The van der Waals surface area contributed by atoms with E-state index in [0.717, 1.165) is 31.4 Å². The first-order valence-corrected chi connectivity index (χ1v) is 9.00. The summed E-state index contributed by atoms with van der Waals surface area (Å²) < 4.78 is 49.8. The minimum atomic E-state index is -2.66. The molecule has 0 radical (unpaired) electrons. The molecule has 4 fully saturated rings. The lowest BCUT2D eigenvalue weighted by molar-refractivity contribution is -0.365. The molecule has 0 amide bonds. The minimum Gasteiger partial charge on any atom is -0.329 e. The molecule has 1 unspecified atom stereocenters. The van der Waals surface area contributed by atoms with Gasteiger partial charge in [-0.05, 0) is 87.5 Å². The van der Waals surface area contributed by atoms with E-state index in [1.165, 1.54) is 12.1 Å². The predicted molar refractivity (Wildman–Crippen MR) is 84.7 cm³/mol. The Morgan fingerprint density at radius 1 is 1.08 bits per heavy atom. The lowest BCUT2D eigenvalue weighted by atomic mass is 9.53. The number of benzene rings is 1. The number of rotatable bonds is 5. The highest BCUT2D eigenvalue weighted by atomic mass is 19.2. The first-order chi connectivity index (χ1) is 11.4. The van der Waals surface area contributed by atoms with Crippen LogP contribution in [-0.4, -0.2) is 17.3 Å². The fourth-order valence-corrected chi connectivity index (χ4v) is 5.71. The van der Waals surface area contributed by atoms with Gasteiger partial charge in [0.15, 0.2) is 0 Å². The van der Waals surface area contributed by atoms with Gasteiger partial charge in [-0.25, -0.2) is 4.39 Å². The van der Waals surface area contributed by atoms with E-state index >= 15 is 8.87 Å². The Labute approximate surface area is 140 Å². The van der Waals surface area contributed by atoms with Crippen LogP contribution in [0.4, 0.5) is 13.3 Å². The van der Waals surface area contributed by atoms with E-state index < -0.39 is 17.3 Å². The van der Waals surface area contributed by atoms with E-state index in [2.05, 4.69) is 0 Å². The van der Waals surface area contributed by atoms with Gasteiger partial charge in [0.05, 0.1) is 5.54 Å². The highest BCUT2D eigenvalue weighted by Crippen LogP contribution is 2.60. The average molecular weight is 339 g/mol. The summed E-state index contributed by atoms with van der Waals surface area (Å²) in [6.45, 7) is 1.69. The summed E-state index contributed by atoms with van der Waals surface area (Å²) in [7, 11) is 0. The third-order valence-corrected chi connectivity index (χ3v) is 6.21. The Bertz CT molecular complexity index is 570. The molecule has 0 aromatic heterocycles. The zero-order chi connectivity index (χ0) is 16.9. The highest BCUT2D eigenvalue weighted by Gasteiger charge is 2.60. The molecular weight excluding hydrogens is 315 g/mol. The van der Waals surface area contributed by atoms with Crippen LogP contribution >= 0.6 is 0 Å². The van der Waals surface area contributed by atoms with Gasteiger partial charge in [0.1, 0.15) is 5.82 Å². The van der Waals surface area contributed by atoms with Crippen LogP contribution < -0.4 is 0 Å². The lowest BCUT2D eigenvalue weighted by Crippen LogP contribution is -2.62. The first kappa shape index (κ1) is 16.4. The van der Waals surface area contributed by atoms with Gasteiger partial charge in [-0.2, -0.15) is 4.39 Å². The number of ether oxygens (including phenoxy) is 1. The molecule has 1 atom stereocenters. The lowest BCUT2D eigenvalue weighted by Gasteiger charge is -2.59. The van der Waals surface area contributed by atoms with Crippen molar-refractivity contribution in [1.82, 2.24) is 5.12 Å². The van der Waals surface area contributed by atoms with E-state index in [9.17, 15) is 4.39 Å². The van der Waals surface area contributed by atoms with Crippen molar-refractivity contribution in [3.8, 4) is 0 Å². The van der Waals surface area contributed by atoms with Gasteiger partial charge >= 0.3 is 5.98 Å². The van der Waals surface area contributed by atoms with Crippen LogP contribution in [0.1, 0.15) is 51.0 Å². The molecule has 0 spiro atoms. The summed E-state index contributed by atoms with van der Waals surface area (Å²) in [5, 5.41) is 0.348. The summed E-state index contributed by atoms with van der Waals surface area (Å²) >= 11 is 0. The fraction of sp³-hybridized carbons (Fsp3) is 0.684. The number of nitrogens with zero attached hydrogens (tertiary/aromatic N) is 1. The summed E-state index contributed by atoms with van der Waals surface area (Å²) in [4.78, 5) is 0. The molecule has 1 aromatic rings. The van der Waals surface area contributed by atoms with Crippen LogP contribution in [0, 0.1) is 23.6 Å². The third kappa shape index (κ3) is 2.48. The van der Waals surface area contributed by atoms with E-state index in [1.54, 1.807) is 6.92 Å². The highest BCUT2D eigenvalue weighted by molar-refractivity contribution is 5.22. The molecule has 4 bridgehead atoms. The first-order valence-electron chi connectivity index (χ1n) is 9.00. The molecule has 132 valence electrons. The summed E-state index contributed by atoms with van der Waals surface area (Å²) in [6.07, 6.45) is 5.52. The number of alkyl halides is 1. The fourth-order valence-electron chi connectivity index (χ4n) is 5.71. The molecule has 0 heterocycles. The second kappa shape index (κ2) is 5.73. The standard InChI is InChI=1S/C19H24F3NO/c1-2-24-19(21,16-3-5-17(20)6-4-16)23(22)18-10-13-7-14(11-18)9-15(8-13)12-18/h3-6,13-15H,2,7-12H2,1H3. The minimum absolute atomic E-state index is 0.0176. The molecular formula is C19H24F3NO. The second-order valence-corrected chi connectivity index (χ2v) is 7.92. The van der Waals surface area contributed by atoms with Gasteiger partial charge in [-0.3, -0.25) is 0 Å². The van der Waals surface area contributed by atoms with Crippen molar-refractivity contribution in [2.24, 2.45) is 17.8 Å². The number of hydrogen-bond donors (Lipinski definition) is 0. The zero-order valence-electron chi connectivity index (χ0n) is 14.0. The van der Waals surface area contributed by atoms with Crippen molar-refractivity contribution < 1.29 is 18.0 Å². The molecule has 4 saturated carbocycles. The van der Waals surface area contributed by atoms with Crippen LogP contribution in [0.3, 0.4) is 0 Å². The van der Waals surface area contributed by atoms with Crippen LogP contribution in [0.25, 0.3) is 0 Å². The SMILES string of the molecule is CCOC(F)(c1ccc(F)cc1)N(F)C12CC3CC(CC(C3)C1)C2. The largest absolute Gasteiger partial charge is 0.329 e. The second-order valence-electron chi connectivity index (χ2n) is 7.92. The van der Waals surface area contributed by atoms with Crippen LogP contribution in [-0.2, 0) is 10.7 Å².